The molecule has 1 atom stereocenters. The van der Waals surface area contributed by atoms with Crippen LogP contribution in [0.25, 0.3) is 0 Å². The summed E-state index contributed by atoms with van der Waals surface area (Å²) in [5.74, 6) is 0.407. The van der Waals surface area contributed by atoms with Gasteiger partial charge in [-0.2, -0.15) is 0 Å². The SMILES string of the molecule is Cc1ccc(NC(=O)C(C2CCCC2)N2CCN(C(=O)c3ccccc3Cl)CC2)cc1. The fraction of sp³-hybridized carbons (Fsp3) is 0.440. The molecule has 5 nitrogen and oxygen atoms in total. The van der Waals surface area contributed by atoms with Crippen LogP contribution in [0.2, 0.25) is 5.02 Å². The van der Waals surface area contributed by atoms with Crippen molar-refractivity contribution in [3.8, 4) is 0 Å². The highest BCUT2D eigenvalue weighted by atomic mass is 35.5. The minimum atomic E-state index is -0.152. The predicted octanol–water partition coefficient (Wildman–Crippen LogP) is 4.60. The number of aryl methyl sites for hydroxylation is 1. The normalized spacial score (nSPS) is 18.7. The Morgan fingerprint density at radius 1 is 0.968 bits per heavy atom. The van der Waals surface area contributed by atoms with E-state index in [2.05, 4.69) is 10.2 Å². The average Bonchev–Trinajstić information content (AvgIpc) is 3.30. The third kappa shape index (κ3) is 5.10. The van der Waals surface area contributed by atoms with E-state index in [1.54, 1.807) is 12.1 Å². The Labute approximate surface area is 189 Å². The molecule has 0 spiro atoms. The van der Waals surface area contributed by atoms with E-state index in [-0.39, 0.29) is 17.9 Å². The van der Waals surface area contributed by atoms with Crippen LogP contribution < -0.4 is 5.32 Å². The lowest BCUT2D eigenvalue weighted by Gasteiger charge is -2.40. The van der Waals surface area contributed by atoms with Crippen LogP contribution in [0.15, 0.2) is 48.5 Å². The Hall–Kier alpha value is -2.37. The molecular formula is C25H30ClN3O2. The van der Waals surface area contributed by atoms with Crippen LogP contribution in [0.5, 0.6) is 0 Å². The minimum Gasteiger partial charge on any atom is -0.336 e. The second-order valence-corrected chi connectivity index (χ2v) is 9.06. The number of carbonyl (C=O) groups excluding carboxylic acids is 2. The molecular weight excluding hydrogens is 410 g/mol. The number of piperazine rings is 1. The maximum atomic E-state index is 13.3. The molecule has 0 bridgehead atoms. The summed E-state index contributed by atoms with van der Waals surface area (Å²) < 4.78 is 0. The second-order valence-electron chi connectivity index (χ2n) is 8.65. The Kier molecular flexibility index (Phi) is 6.93. The molecule has 164 valence electrons. The first-order chi connectivity index (χ1) is 15.0. The van der Waals surface area contributed by atoms with Gasteiger partial charge in [0.2, 0.25) is 5.91 Å². The molecule has 1 unspecified atom stereocenters. The number of anilines is 1. The van der Waals surface area contributed by atoms with Gasteiger partial charge in [0.1, 0.15) is 0 Å². The highest BCUT2D eigenvalue weighted by molar-refractivity contribution is 6.33. The molecule has 31 heavy (non-hydrogen) atoms. The summed E-state index contributed by atoms with van der Waals surface area (Å²) in [6, 6.07) is 15.0. The first-order valence-electron chi connectivity index (χ1n) is 11.2. The van der Waals surface area contributed by atoms with E-state index in [1.165, 1.54) is 18.4 Å². The van der Waals surface area contributed by atoms with Gasteiger partial charge in [-0.05, 0) is 49.9 Å². The highest BCUT2D eigenvalue weighted by Gasteiger charge is 2.37. The van der Waals surface area contributed by atoms with Gasteiger partial charge in [0.25, 0.3) is 5.91 Å². The summed E-state index contributed by atoms with van der Waals surface area (Å²) >= 11 is 6.22. The first-order valence-corrected chi connectivity index (χ1v) is 11.6. The van der Waals surface area contributed by atoms with Crippen molar-refractivity contribution in [1.82, 2.24) is 9.80 Å². The van der Waals surface area contributed by atoms with Gasteiger partial charge in [0.15, 0.2) is 0 Å². The lowest BCUT2D eigenvalue weighted by Crippen LogP contribution is -2.57. The summed E-state index contributed by atoms with van der Waals surface area (Å²) in [7, 11) is 0. The number of rotatable bonds is 5. The topological polar surface area (TPSA) is 52.7 Å². The standard InChI is InChI=1S/C25H30ClN3O2/c1-18-10-12-20(13-11-18)27-24(30)23(19-6-2-3-7-19)28-14-16-29(17-15-28)25(31)21-8-4-5-9-22(21)26/h4-5,8-13,19,23H,2-3,6-7,14-17H2,1H3,(H,27,30). The third-order valence-corrected chi connectivity index (χ3v) is 6.86. The van der Waals surface area contributed by atoms with E-state index in [0.717, 1.165) is 18.5 Å². The maximum absolute atomic E-state index is 13.3. The van der Waals surface area contributed by atoms with Crippen molar-refractivity contribution in [1.29, 1.82) is 0 Å². The van der Waals surface area contributed by atoms with Crippen molar-refractivity contribution in [2.45, 2.75) is 38.6 Å². The number of halogens is 1. The summed E-state index contributed by atoms with van der Waals surface area (Å²) in [5, 5.41) is 3.61. The molecule has 4 rings (SSSR count). The summed E-state index contributed by atoms with van der Waals surface area (Å²) in [4.78, 5) is 30.3. The van der Waals surface area contributed by atoms with Gasteiger partial charge >= 0.3 is 0 Å². The summed E-state index contributed by atoms with van der Waals surface area (Å²) in [6.45, 7) is 4.63. The molecule has 2 amide bonds. The Morgan fingerprint density at radius 3 is 2.26 bits per heavy atom. The van der Waals surface area contributed by atoms with Gasteiger partial charge in [-0.15, -0.1) is 0 Å². The van der Waals surface area contributed by atoms with Crippen molar-refractivity contribution >= 4 is 29.1 Å². The number of hydrogen-bond donors (Lipinski definition) is 1. The molecule has 2 aliphatic rings. The molecule has 1 aliphatic carbocycles. The lowest BCUT2D eigenvalue weighted by atomic mass is 9.94. The summed E-state index contributed by atoms with van der Waals surface area (Å²) in [5.41, 5.74) is 2.55. The van der Waals surface area contributed by atoms with Gasteiger partial charge in [-0.25, -0.2) is 0 Å². The molecule has 1 saturated heterocycles. The van der Waals surface area contributed by atoms with Crippen LogP contribution in [0.1, 0.15) is 41.6 Å². The number of benzene rings is 2. The molecule has 2 aromatic carbocycles. The Morgan fingerprint density at radius 2 is 1.61 bits per heavy atom. The minimum absolute atomic E-state index is 0.0354. The molecule has 2 aromatic rings. The van der Waals surface area contributed by atoms with E-state index in [1.807, 2.05) is 48.2 Å². The smallest absolute Gasteiger partial charge is 0.255 e. The number of hydrogen-bond acceptors (Lipinski definition) is 3. The number of carbonyl (C=O) groups is 2. The van der Waals surface area contributed by atoms with Crippen LogP contribution in [0, 0.1) is 12.8 Å². The zero-order valence-electron chi connectivity index (χ0n) is 18.0. The van der Waals surface area contributed by atoms with Gasteiger partial charge in [-0.3, -0.25) is 14.5 Å². The van der Waals surface area contributed by atoms with Crippen molar-refractivity contribution < 1.29 is 9.59 Å². The average molecular weight is 440 g/mol. The van der Waals surface area contributed by atoms with E-state index in [9.17, 15) is 9.59 Å². The van der Waals surface area contributed by atoms with Crippen LogP contribution in [0.3, 0.4) is 0 Å². The molecule has 6 heteroatoms. The van der Waals surface area contributed by atoms with Crippen molar-refractivity contribution in [2.75, 3.05) is 31.5 Å². The number of amides is 2. The molecule has 0 aromatic heterocycles. The first kappa shape index (κ1) is 21.8. The van der Waals surface area contributed by atoms with Crippen molar-refractivity contribution in [2.24, 2.45) is 5.92 Å². The molecule has 1 aliphatic heterocycles. The van der Waals surface area contributed by atoms with Crippen molar-refractivity contribution in [3.63, 3.8) is 0 Å². The van der Waals surface area contributed by atoms with Crippen molar-refractivity contribution in [3.05, 3.63) is 64.7 Å². The fourth-order valence-electron chi connectivity index (χ4n) is 4.81. The quantitative estimate of drug-likeness (QED) is 0.740. The van der Waals surface area contributed by atoms with E-state index >= 15 is 0 Å². The number of nitrogens with zero attached hydrogens (tertiary/aromatic N) is 2. The summed E-state index contributed by atoms with van der Waals surface area (Å²) in [6.07, 6.45) is 4.55. The third-order valence-electron chi connectivity index (χ3n) is 6.53. The van der Waals surface area contributed by atoms with Crippen LogP contribution in [-0.4, -0.2) is 53.8 Å². The van der Waals surface area contributed by atoms with Crippen LogP contribution in [-0.2, 0) is 4.79 Å². The monoisotopic (exact) mass is 439 g/mol. The number of nitrogens with one attached hydrogen (secondary N) is 1. The van der Waals surface area contributed by atoms with Crippen LogP contribution >= 0.6 is 11.6 Å². The van der Waals surface area contributed by atoms with Gasteiger partial charge in [0.05, 0.1) is 16.6 Å². The zero-order valence-corrected chi connectivity index (χ0v) is 18.8. The lowest BCUT2D eigenvalue weighted by molar-refractivity contribution is -0.123. The fourth-order valence-corrected chi connectivity index (χ4v) is 5.03. The Balaban J connectivity index is 1.43. The van der Waals surface area contributed by atoms with Gasteiger partial charge < -0.3 is 10.2 Å². The highest BCUT2D eigenvalue weighted by Crippen LogP contribution is 2.32. The molecule has 1 N–H and O–H groups in total. The molecule has 0 radical (unpaired) electrons. The zero-order chi connectivity index (χ0) is 21.8. The maximum Gasteiger partial charge on any atom is 0.255 e. The Bertz CT molecular complexity index is 917. The van der Waals surface area contributed by atoms with E-state index < -0.39 is 0 Å². The molecule has 2 fully saturated rings. The largest absolute Gasteiger partial charge is 0.336 e. The molecule has 1 heterocycles. The van der Waals surface area contributed by atoms with Crippen LogP contribution in [0.4, 0.5) is 5.69 Å². The van der Waals surface area contributed by atoms with Gasteiger partial charge in [0, 0.05) is 31.9 Å². The predicted molar refractivity (Wildman–Crippen MR) is 124 cm³/mol. The van der Waals surface area contributed by atoms with E-state index in [0.29, 0.717) is 42.7 Å². The van der Waals surface area contributed by atoms with E-state index in [4.69, 9.17) is 11.6 Å². The molecule has 1 saturated carbocycles. The second kappa shape index (κ2) is 9.84. The van der Waals surface area contributed by atoms with Gasteiger partial charge in [-0.1, -0.05) is 54.3 Å².